The van der Waals surface area contributed by atoms with Crippen molar-refractivity contribution in [3.8, 4) is 0 Å². The number of nitrogens with zero attached hydrogens (tertiary/aromatic N) is 1. The van der Waals surface area contributed by atoms with Crippen molar-refractivity contribution in [3.05, 3.63) is 16.1 Å². The highest BCUT2D eigenvalue weighted by atomic mass is 32.1. The van der Waals surface area contributed by atoms with E-state index in [0.29, 0.717) is 0 Å². The van der Waals surface area contributed by atoms with Crippen molar-refractivity contribution >= 4 is 29.2 Å². The molecule has 1 heterocycles. The first-order valence-electron chi connectivity index (χ1n) is 5.68. The minimum atomic E-state index is -0.962. The summed E-state index contributed by atoms with van der Waals surface area (Å²) in [5, 5.41) is 13.8. The fraction of sp³-hybridized carbons (Fsp3) is 0.455. The van der Waals surface area contributed by atoms with Gasteiger partial charge < -0.3 is 10.4 Å². The summed E-state index contributed by atoms with van der Waals surface area (Å²) >= 11 is 1.46. The molecule has 0 aliphatic carbocycles. The van der Waals surface area contributed by atoms with Gasteiger partial charge >= 0.3 is 12.0 Å². The molecule has 0 aromatic carbocycles. The number of aliphatic carboxylic acids is 1. The van der Waals surface area contributed by atoms with Crippen LogP contribution in [0.2, 0.25) is 0 Å². The van der Waals surface area contributed by atoms with Crippen molar-refractivity contribution < 1.29 is 19.5 Å². The van der Waals surface area contributed by atoms with Crippen molar-refractivity contribution in [1.29, 1.82) is 0 Å². The zero-order valence-corrected chi connectivity index (χ0v) is 11.2. The summed E-state index contributed by atoms with van der Waals surface area (Å²) < 4.78 is 0. The second-order valence-corrected chi connectivity index (χ2v) is 5.16. The van der Waals surface area contributed by atoms with Crippen LogP contribution in [0.3, 0.4) is 0 Å². The predicted octanol–water partition coefficient (Wildman–Crippen LogP) is 1.03. The lowest BCUT2D eigenvalue weighted by Gasteiger charge is -2.04. The zero-order valence-electron chi connectivity index (χ0n) is 10.4. The van der Waals surface area contributed by atoms with Gasteiger partial charge in [0.1, 0.15) is 5.01 Å². The van der Waals surface area contributed by atoms with Gasteiger partial charge in [-0.25, -0.2) is 9.78 Å². The topological polar surface area (TPSA) is 108 Å². The lowest BCUT2D eigenvalue weighted by molar-refractivity contribution is -0.137. The Labute approximate surface area is 114 Å². The molecule has 0 saturated heterocycles. The number of carbonyl (C=O) groups is 3. The first-order chi connectivity index (χ1) is 8.97. The minimum absolute atomic E-state index is 0.0100. The molecule has 1 aromatic heterocycles. The van der Waals surface area contributed by atoms with Crippen LogP contribution in [0.25, 0.3) is 0 Å². The standard InChI is InChI=1S/C11H15N3O4S/c1-7-5-12-9(19-7)6-13-11(18)14-8(15)3-2-4-10(16)17/h5H,2-4,6H2,1H3,(H,16,17)(H2,13,14,15,18). The summed E-state index contributed by atoms with van der Waals surface area (Å²) in [5.74, 6) is -1.45. The van der Waals surface area contributed by atoms with Gasteiger partial charge in [0, 0.05) is 23.9 Å². The third kappa shape index (κ3) is 6.51. The summed E-state index contributed by atoms with van der Waals surface area (Å²) in [6.45, 7) is 2.17. The number of imide groups is 1. The van der Waals surface area contributed by atoms with E-state index in [1.807, 2.05) is 6.92 Å². The summed E-state index contributed by atoms with van der Waals surface area (Å²) in [6.07, 6.45) is 1.83. The fourth-order valence-electron chi connectivity index (χ4n) is 1.27. The molecule has 0 radical (unpaired) electrons. The third-order valence-electron chi connectivity index (χ3n) is 2.12. The fourth-order valence-corrected chi connectivity index (χ4v) is 2.00. The SMILES string of the molecule is Cc1cnc(CNC(=O)NC(=O)CCCC(=O)O)s1. The van der Waals surface area contributed by atoms with Gasteiger partial charge in [-0.2, -0.15) is 0 Å². The normalized spacial score (nSPS) is 9.95. The highest BCUT2D eigenvalue weighted by Crippen LogP contribution is 2.10. The Bertz CT molecular complexity index is 472. The number of rotatable bonds is 6. The number of aryl methyl sites for hydroxylation is 1. The molecule has 0 spiro atoms. The number of carboxylic acids is 1. The molecule has 0 saturated carbocycles. The van der Waals surface area contributed by atoms with Gasteiger partial charge in [0.25, 0.3) is 0 Å². The molecule has 0 atom stereocenters. The van der Waals surface area contributed by atoms with Crippen molar-refractivity contribution in [2.75, 3.05) is 0 Å². The summed E-state index contributed by atoms with van der Waals surface area (Å²) in [5.41, 5.74) is 0. The van der Waals surface area contributed by atoms with Gasteiger partial charge in [-0.05, 0) is 13.3 Å². The zero-order chi connectivity index (χ0) is 14.3. The second kappa shape index (κ2) is 7.47. The van der Waals surface area contributed by atoms with E-state index in [2.05, 4.69) is 15.6 Å². The maximum absolute atomic E-state index is 11.3. The molecule has 104 valence electrons. The quantitative estimate of drug-likeness (QED) is 0.723. The van der Waals surface area contributed by atoms with Crippen molar-refractivity contribution in [2.45, 2.75) is 32.7 Å². The molecule has 0 aliphatic rings. The molecule has 3 amide bonds. The molecular weight excluding hydrogens is 270 g/mol. The number of aromatic nitrogens is 1. The number of amides is 3. The van der Waals surface area contributed by atoms with Gasteiger partial charge in [-0.3, -0.25) is 14.9 Å². The number of nitrogens with one attached hydrogen (secondary N) is 2. The van der Waals surface area contributed by atoms with E-state index >= 15 is 0 Å². The average molecular weight is 285 g/mol. The largest absolute Gasteiger partial charge is 0.481 e. The number of hydrogen-bond acceptors (Lipinski definition) is 5. The van der Waals surface area contributed by atoms with Crippen LogP contribution in [0.15, 0.2) is 6.20 Å². The Morgan fingerprint density at radius 1 is 1.37 bits per heavy atom. The Morgan fingerprint density at radius 2 is 2.11 bits per heavy atom. The first kappa shape index (κ1) is 15.1. The molecule has 0 unspecified atom stereocenters. The van der Waals surface area contributed by atoms with Crippen LogP contribution in [0.1, 0.15) is 29.1 Å². The van der Waals surface area contributed by atoms with Gasteiger partial charge in [0.2, 0.25) is 5.91 Å². The van der Waals surface area contributed by atoms with Crippen LogP contribution in [-0.2, 0) is 16.1 Å². The van der Waals surface area contributed by atoms with Gasteiger partial charge in [-0.1, -0.05) is 0 Å². The Morgan fingerprint density at radius 3 is 2.68 bits per heavy atom. The highest BCUT2D eigenvalue weighted by molar-refractivity contribution is 7.11. The molecule has 7 nitrogen and oxygen atoms in total. The lowest BCUT2D eigenvalue weighted by atomic mass is 10.2. The van der Waals surface area contributed by atoms with E-state index in [9.17, 15) is 14.4 Å². The van der Waals surface area contributed by atoms with Crippen LogP contribution in [0, 0.1) is 6.92 Å². The van der Waals surface area contributed by atoms with E-state index in [0.717, 1.165) is 9.88 Å². The summed E-state index contributed by atoms with van der Waals surface area (Å²) in [4.78, 5) is 38.0. The molecule has 1 rings (SSSR count). The number of hydrogen-bond donors (Lipinski definition) is 3. The summed E-state index contributed by atoms with van der Waals surface area (Å²) in [7, 11) is 0. The van der Waals surface area contributed by atoms with Gasteiger partial charge in [0.05, 0.1) is 6.54 Å². The van der Waals surface area contributed by atoms with Gasteiger partial charge in [-0.15, -0.1) is 11.3 Å². The molecule has 1 aromatic rings. The minimum Gasteiger partial charge on any atom is -0.481 e. The molecule has 3 N–H and O–H groups in total. The molecule has 0 bridgehead atoms. The number of thiazole rings is 1. The Kier molecular flexibility index (Phi) is 5.94. The van der Waals surface area contributed by atoms with Crippen LogP contribution >= 0.6 is 11.3 Å². The molecule has 19 heavy (non-hydrogen) atoms. The van der Waals surface area contributed by atoms with E-state index in [1.54, 1.807) is 6.20 Å². The molecule has 8 heteroatoms. The van der Waals surface area contributed by atoms with E-state index in [-0.39, 0.29) is 25.8 Å². The number of urea groups is 1. The van der Waals surface area contributed by atoms with Crippen LogP contribution in [-0.4, -0.2) is 28.0 Å². The molecule has 0 aliphatic heterocycles. The van der Waals surface area contributed by atoms with Crippen LogP contribution in [0.5, 0.6) is 0 Å². The van der Waals surface area contributed by atoms with Crippen LogP contribution < -0.4 is 10.6 Å². The number of carboxylic acid groups (broad SMARTS) is 1. The van der Waals surface area contributed by atoms with Crippen LogP contribution in [0.4, 0.5) is 4.79 Å². The van der Waals surface area contributed by atoms with Crippen molar-refractivity contribution in [2.24, 2.45) is 0 Å². The molecular formula is C11H15N3O4S. The van der Waals surface area contributed by atoms with E-state index < -0.39 is 17.9 Å². The molecule has 0 fully saturated rings. The van der Waals surface area contributed by atoms with Gasteiger partial charge in [0.15, 0.2) is 0 Å². The smallest absolute Gasteiger partial charge is 0.321 e. The Hall–Kier alpha value is -1.96. The second-order valence-electron chi connectivity index (χ2n) is 3.84. The average Bonchev–Trinajstić information content (AvgIpc) is 2.72. The first-order valence-corrected chi connectivity index (χ1v) is 6.50. The lowest BCUT2D eigenvalue weighted by Crippen LogP contribution is -2.38. The van der Waals surface area contributed by atoms with Crippen molar-refractivity contribution in [1.82, 2.24) is 15.6 Å². The summed E-state index contributed by atoms with van der Waals surface area (Å²) in [6, 6.07) is -0.604. The highest BCUT2D eigenvalue weighted by Gasteiger charge is 2.09. The van der Waals surface area contributed by atoms with E-state index in [4.69, 9.17) is 5.11 Å². The Balaban J connectivity index is 2.19. The monoisotopic (exact) mass is 285 g/mol. The van der Waals surface area contributed by atoms with E-state index in [1.165, 1.54) is 11.3 Å². The predicted molar refractivity (Wildman–Crippen MR) is 68.7 cm³/mol. The van der Waals surface area contributed by atoms with Crippen molar-refractivity contribution in [3.63, 3.8) is 0 Å². The maximum atomic E-state index is 11.3. The third-order valence-corrected chi connectivity index (χ3v) is 3.03. The number of carbonyl (C=O) groups excluding carboxylic acids is 2. The maximum Gasteiger partial charge on any atom is 0.321 e.